The van der Waals surface area contributed by atoms with Crippen molar-refractivity contribution < 1.29 is 0 Å². The first-order valence-corrected chi connectivity index (χ1v) is 9.24. The van der Waals surface area contributed by atoms with E-state index >= 15 is 0 Å². The highest BCUT2D eigenvalue weighted by molar-refractivity contribution is 7.76. The van der Waals surface area contributed by atoms with Gasteiger partial charge in [-0.05, 0) is 48.5 Å². The number of pyridine rings is 1. The summed E-state index contributed by atoms with van der Waals surface area (Å²) >= 11 is 0. The van der Waals surface area contributed by atoms with Crippen molar-refractivity contribution in [3.05, 3.63) is 96.1 Å². The van der Waals surface area contributed by atoms with E-state index in [1.807, 2.05) is 18.3 Å². The Balaban J connectivity index is 2.09. The zero-order valence-corrected chi connectivity index (χ0v) is 14.2. The van der Waals surface area contributed by atoms with E-state index in [4.69, 9.17) is 0 Å². The van der Waals surface area contributed by atoms with Crippen molar-refractivity contribution in [1.82, 2.24) is 4.98 Å². The van der Waals surface area contributed by atoms with Gasteiger partial charge >= 0.3 is 0 Å². The maximum atomic E-state index is 4.47. The van der Waals surface area contributed by atoms with Crippen LogP contribution in [0.4, 0.5) is 0 Å². The molecule has 0 aliphatic carbocycles. The summed E-state index contributed by atoms with van der Waals surface area (Å²) in [5.41, 5.74) is 1.03. The Morgan fingerprint density at radius 3 is 1.87 bits per heavy atom. The van der Waals surface area contributed by atoms with Crippen LogP contribution in [0, 0.1) is 0 Å². The van der Waals surface area contributed by atoms with Crippen molar-refractivity contribution >= 4 is 24.6 Å². The molecule has 0 saturated carbocycles. The number of hydrogen-bond donors (Lipinski definition) is 0. The lowest BCUT2D eigenvalue weighted by atomic mass is 10.3. The number of benzene rings is 2. The minimum absolute atomic E-state index is 0.517. The molecule has 0 spiro atoms. The Bertz CT molecular complexity index is 712. The van der Waals surface area contributed by atoms with Crippen molar-refractivity contribution in [2.45, 2.75) is 13.3 Å². The van der Waals surface area contributed by atoms with Gasteiger partial charge in [-0.3, -0.25) is 4.98 Å². The van der Waals surface area contributed by atoms with E-state index in [1.165, 1.54) is 15.9 Å². The molecule has 0 aliphatic rings. The fourth-order valence-corrected chi connectivity index (χ4v) is 5.07. The van der Waals surface area contributed by atoms with Gasteiger partial charge in [0.25, 0.3) is 0 Å². The molecule has 2 aromatic carbocycles. The van der Waals surface area contributed by atoms with Crippen molar-refractivity contribution in [1.29, 1.82) is 0 Å². The maximum Gasteiger partial charge on any atom is 0.0632 e. The molecule has 0 aliphatic heterocycles. The van der Waals surface area contributed by atoms with Gasteiger partial charge in [0.05, 0.1) is 5.69 Å². The third kappa shape index (κ3) is 3.94. The largest absolute Gasteiger partial charge is 0.257 e. The van der Waals surface area contributed by atoms with E-state index in [9.17, 15) is 0 Å². The monoisotopic (exact) mass is 317 g/mol. The molecule has 114 valence electrons. The lowest BCUT2D eigenvalue weighted by molar-refractivity contribution is 1.20. The van der Waals surface area contributed by atoms with Gasteiger partial charge in [0, 0.05) is 6.20 Å². The summed E-state index contributed by atoms with van der Waals surface area (Å²) in [5, 5.41) is 4.21. The van der Waals surface area contributed by atoms with Crippen molar-refractivity contribution in [2.24, 2.45) is 0 Å². The number of allylic oxidation sites excluding steroid dienone is 1. The minimum atomic E-state index is -0.517. The Labute approximate surface area is 139 Å². The standard InChI is InChI=1S/C21H20NP/c1-2-19(17-18-11-9-10-16-22-18)23(20-12-5-3-6-13-20)21-14-7-4-8-15-21/h3-17H,2H2,1H3. The Morgan fingerprint density at radius 1 is 0.826 bits per heavy atom. The zero-order chi connectivity index (χ0) is 15.9. The molecule has 0 amide bonds. The second kappa shape index (κ2) is 7.85. The second-order valence-corrected chi connectivity index (χ2v) is 7.53. The van der Waals surface area contributed by atoms with Crippen LogP contribution in [-0.4, -0.2) is 4.98 Å². The van der Waals surface area contributed by atoms with E-state index in [-0.39, 0.29) is 0 Å². The van der Waals surface area contributed by atoms with Crippen molar-refractivity contribution in [3.8, 4) is 0 Å². The molecule has 3 rings (SSSR count). The topological polar surface area (TPSA) is 12.9 Å². The van der Waals surface area contributed by atoms with E-state index < -0.39 is 7.92 Å². The average molecular weight is 317 g/mol. The van der Waals surface area contributed by atoms with Gasteiger partial charge in [0.2, 0.25) is 0 Å². The molecular formula is C21H20NP. The third-order valence-electron chi connectivity index (χ3n) is 3.68. The van der Waals surface area contributed by atoms with E-state index in [0.29, 0.717) is 0 Å². The normalized spacial score (nSPS) is 11.7. The summed E-state index contributed by atoms with van der Waals surface area (Å²) in [6, 6.07) is 27.7. The third-order valence-corrected chi connectivity index (χ3v) is 6.33. The molecular weight excluding hydrogens is 297 g/mol. The predicted octanol–water partition coefficient (Wildman–Crippen LogP) is 4.97. The lowest BCUT2D eigenvalue weighted by Gasteiger charge is -2.21. The molecule has 1 aromatic heterocycles. The van der Waals surface area contributed by atoms with Crippen LogP contribution in [-0.2, 0) is 0 Å². The Kier molecular flexibility index (Phi) is 5.34. The van der Waals surface area contributed by atoms with E-state index in [0.717, 1.165) is 12.1 Å². The SMILES string of the molecule is CCC(=Cc1ccccn1)P(c1ccccc1)c1ccccc1. The molecule has 1 nitrogen and oxygen atoms in total. The molecule has 0 atom stereocenters. The molecule has 23 heavy (non-hydrogen) atoms. The van der Waals surface area contributed by atoms with E-state index in [2.05, 4.69) is 84.7 Å². The first-order valence-electron chi connectivity index (χ1n) is 7.90. The second-order valence-electron chi connectivity index (χ2n) is 5.25. The number of rotatable bonds is 5. The first kappa shape index (κ1) is 15.6. The summed E-state index contributed by atoms with van der Waals surface area (Å²) in [6.07, 6.45) is 5.13. The number of nitrogens with zero attached hydrogens (tertiary/aromatic N) is 1. The Hall–Kier alpha value is -2.24. The fourth-order valence-electron chi connectivity index (χ4n) is 2.59. The molecule has 0 radical (unpaired) electrons. The van der Waals surface area contributed by atoms with Gasteiger partial charge in [0.1, 0.15) is 0 Å². The average Bonchev–Trinajstić information content (AvgIpc) is 2.64. The van der Waals surface area contributed by atoms with Gasteiger partial charge in [0.15, 0.2) is 0 Å². The van der Waals surface area contributed by atoms with Crippen LogP contribution in [0.3, 0.4) is 0 Å². The van der Waals surface area contributed by atoms with Gasteiger partial charge in [-0.1, -0.05) is 73.7 Å². The molecule has 0 bridgehead atoms. The zero-order valence-electron chi connectivity index (χ0n) is 13.3. The fraction of sp³-hybridized carbons (Fsp3) is 0.0952. The summed E-state index contributed by atoms with van der Waals surface area (Å²) in [5.74, 6) is 0. The smallest absolute Gasteiger partial charge is 0.0632 e. The van der Waals surface area contributed by atoms with Crippen molar-refractivity contribution in [2.75, 3.05) is 0 Å². The predicted molar refractivity (Wildman–Crippen MR) is 102 cm³/mol. The van der Waals surface area contributed by atoms with Gasteiger partial charge in [-0.2, -0.15) is 0 Å². The molecule has 2 heteroatoms. The van der Waals surface area contributed by atoms with Crippen LogP contribution in [0.5, 0.6) is 0 Å². The number of aromatic nitrogens is 1. The quantitative estimate of drug-likeness (QED) is 0.606. The highest BCUT2D eigenvalue weighted by Gasteiger charge is 2.17. The Morgan fingerprint density at radius 2 is 1.39 bits per heavy atom. The lowest BCUT2D eigenvalue weighted by Crippen LogP contribution is -2.12. The molecule has 0 N–H and O–H groups in total. The maximum absolute atomic E-state index is 4.47. The highest BCUT2D eigenvalue weighted by atomic mass is 31.1. The van der Waals surface area contributed by atoms with Crippen LogP contribution < -0.4 is 10.6 Å². The van der Waals surface area contributed by atoms with Crippen LogP contribution in [0.2, 0.25) is 0 Å². The molecule has 0 saturated heterocycles. The first-order chi connectivity index (χ1) is 11.4. The van der Waals surface area contributed by atoms with Crippen molar-refractivity contribution in [3.63, 3.8) is 0 Å². The molecule has 3 aromatic rings. The minimum Gasteiger partial charge on any atom is -0.257 e. The number of hydrogen-bond acceptors (Lipinski definition) is 1. The summed E-state index contributed by atoms with van der Waals surface area (Å²) < 4.78 is 0. The van der Waals surface area contributed by atoms with Gasteiger partial charge < -0.3 is 0 Å². The van der Waals surface area contributed by atoms with Crippen LogP contribution in [0.1, 0.15) is 19.0 Å². The van der Waals surface area contributed by atoms with E-state index in [1.54, 1.807) is 0 Å². The highest BCUT2D eigenvalue weighted by Crippen LogP contribution is 2.45. The summed E-state index contributed by atoms with van der Waals surface area (Å²) in [4.78, 5) is 4.47. The molecule has 1 heterocycles. The summed E-state index contributed by atoms with van der Waals surface area (Å²) in [6.45, 7) is 2.23. The molecule has 0 unspecified atom stereocenters. The van der Waals surface area contributed by atoms with Gasteiger partial charge in [-0.25, -0.2) is 0 Å². The molecule has 0 fully saturated rings. The van der Waals surface area contributed by atoms with Crippen LogP contribution in [0.15, 0.2) is 90.4 Å². The summed E-state index contributed by atoms with van der Waals surface area (Å²) in [7, 11) is -0.517. The van der Waals surface area contributed by atoms with Crippen LogP contribution >= 0.6 is 7.92 Å². The van der Waals surface area contributed by atoms with Gasteiger partial charge in [-0.15, -0.1) is 0 Å². The van der Waals surface area contributed by atoms with Crippen LogP contribution in [0.25, 0.3) is 6.08 Å².